The zero-order valence-electron chi connectivity index (χ0n) is 14.5. The Labute approximate surface area is 168 Å². The largest absolute Gasteiger partial charge is 0.497 e. The number of nitrogens with zero attached hydrogens (tertiary/aromatic N) is 1. The fraction of sp³-hybridized carbons (Fsp3) is 0.143. The zero-order valence-corrected chi connectivity index (χ0v) is 16.9. The Bertz CT molecular complexity index is 1230. The average molecular weight is 439 g/mol. The Hall–Kier alpha value is -2.44. The van der Waals surface area contributed by atoms with Gasteiger partial charge in [0.25, 0.3) is 5.91 Å². The molecule has 0 aliphatic heterocycles. The van der Waals surface area contributed by atoms with Gasteiger partial charge in [-0.15, -0.1) is 0 Å². The summed E-state index contributed by atoms with van der Waals surface area (Å²) in [6.45, 7) is 0. The molecular weight excluding hydrogens is 424 g/mol. The topological polar surface area (TPSA) is 51.2 Å². The summed E-state index contributed by atoms with van der Waals surface area (Å²) in [5.74, 6) is 0.426. The summed E-state index contributed by atoms with van der Waals surface area (Å²) >= 11 is 4.95. The lowest BCUT2D eigenvalue weighted by atomic mass is 10.0. The molecule has 1 N–H and O–H groups in total. The number of aromatic nitrogens is 1. The molecule has 0 spiro atoms. The van der Waals surface area contributed by atoms with E-state index < -0.39 is 0 Å². The Morgan fingerprint density at radius 1 is 1.19 bits per heavy atom. The van der Waals surface area contributed by atoms with Gasteiger partial charge in [0.05, 0.1) is 22.9 Å². The first kappa shape index (κ1) is 16.7. The summed E-state index contributed by atoms with van der Waals surface area (Å²) in [7, 11) is 1.58. The van der Waals surface area contributed by atoms with E-state index in [4.69, 9.17) is 9.72 Å². The van der Waals surface area contributed by atoms with Gasteiger partial charge in [-0.2, -0.15) is 0 Å². The molecule has 4 aromatic rings. The van der Waals surface area contributed by atoms with Crippen LogP contribution in [-0.2, 0) is 12.8 Å². The molecule has 1 aliphatic carbocycles. The van der Waals surface area contributed by atoms with E-state index in [1.54, 1.807) is 19.2 Å². The number of carbonyl (C=O) groups is 1. The predicted octanol–water partition coefficient (Wildman–Crippen LogP) is 5.57. The van der Waals surface area contributed by atoms with Crippen LogP contribution in [0, 0.1) is 0 Å². The minimum atomic E-state index is -0.211. The van der Waals surface area contributed by atoms with Gasteiger partial charge in [-0.25, -0.2) is 4.98 Å². The number of ether oxygens (including phenoxy) is 1. The van der Waals surface area contributed by atoms with Crippen LogP contribution in [0.15, 0.2) is 46.9 Å². The number of halogens is 1. The van der Waals surface area contributed by atoms with Gasteiger partial charge in [-0.05, 0) is 69.6 Å². The SMILES string of the molecule is COc1ccc(Br)c(C(=O)Nc2nc3c(cc4c5c(cccc53)CC4)s2)c1. The van der Waals surface area contributed by atoms with E-state index >= 15 is 0 Å². The number of hydrogen-bond donors (Lipinski definition) is 1. The molecule has 0 unspecified atom stereocenters. The molecule has 0 radical (unpaired) electrons. The normalized spacial score (nSPS) is 12.7. The quantitative estimate of drug-likeness (QED) is 0.454. The number of aryl methyl sites for hydroxylation is 2. The maximum absolute atomic E-state index is 12.7. The Kier molecular flexibility index (Phi) is 3.91. The van der Waals surface area contributed by atoms with E-state index in [0.717, 1.165) is 23.1 Å². The van der Waals surface area contributed by atoms with E-state index in [-0.39, 0.29) is 5.91 Å². The standard InChI is InChI=1S/C21H15BrN2O2S/c1-26-13-7-8-16(22)15(10-13)20(25)24-21-23-19-14-4-2-3-11-5-6-12(18(11)14)9-17(19)27-21/h2-4,7-10H,5-6H2,1H3,(H,23,24,25). The molecule has 5 rings (SSSR count). The van der Waals surface area contributed by atoms with Crippen molar-refractivity contribution in [1.82, 2.24) is 4.98 Å². The van der Waals surface area contributed by atoms with E-state index in [1.165, 1.54) is 33.2 Å². The summed E-state index contributed by atoms with van der Waals surface area (Å²) in [5, 5.41) is 6.06. The summed E-state index contributed by atoms with van der Waals surface area (Å²) in [6, 6.07) is 14.0. The number of hydrogen-bond acceptors (Lipinski definition) is 4. The van der Waals surface area contributed by atoms with Gasteiger partial charge in [0.15, 0.2) is 5.13 Å². The molecule has 4 nitrogen and oxygen atoms in total. The van der Waals surface area contributed by atoms with E-state index in [1.807, 2.05) is 6.07 Å². The number of rotatable bonds is 3. The fourth-order valence-electron chi connectivity index (χ4n) is 3.73. The zero-order chi connectivity index (χ0) is 18.5. The molecule has 3 aromatic carbocycles. The Balaban J connectivity index is 1.56. The Morgan fingerprint density at radius 2 is 2.04 bits per heavy atom. The lowest BCUT2D eigenvalue weighted by Crippen LogP contribution is -2.12. The second-order valence-corrected chi connectivity index (χ2v) is 8.43. The number of benzene rings is 3. The van der Waals surface area contributed by atoms with Crippen molar-refractivity contribution >= 4 is 59.3 Å². The van der Waals surface area contributed by atoms with Crippen molar-refractivity contribution < 1.29 is 9.53 Å². The minimum absolute atomic E-state index is 0.211. The van der Waals surface area contributed by atoms with Crippen molar-refractivity contribution in [2.75, 3.05) is 12.4 Å². The van der Waals surface area contributed by atoms with Gasteiger partial charge in [0.2, 0.25) is 0 Å². The lowest BCUT2D eigenvalue weighted by Gasteiger charge is -2.06. The van der Waals surface area contributed by atoms with Crippen molar-refractivity contribution in [2.24, 2.45) is 0 Å². The third kappa shape index (κ3) is 2.71. The maximum Gasteiger partial charge on any atom is 0.258 e. The molecule has 1 amide bonds. The number of nitrogens with one attached hydrogen (secondary N) is 1. The molecular formula is C21H15BrN2O2S. The van der Waals surface area contributed by atoms with Crippen molar-refractivity contribution in [3.05, 3.63) is 63.6 Å². The second-order valence-electron chi connectivity index (χ2n) is 6.54. The number of thiazole rings is 1. The number of anilines is 1. The third-order valence-corrected chi connectivity index (χ3v) is 6.60. The van der Waals surface area contributed by atoms with Crippen LogP contribution in [0.1, 0.15) is 21.5 Å². The summed E-state index contributed by atoms with van der Waals surface area (Å²) < 4.78 is 7.05. The van der Waals surface area contributed by atoms with Crippen LogP contribution >= 0.6 is 27.3 Å². The van der Waals surface area contributed by atoms with Gasteiger partial charge in [0.1, 0.15) is 5.75 Å². The van der Waals surface area contributed by atoms with Crippen LogP contribution in [0.3, 0.4) is 0 Å². The molecule has 1 aliphatic rings. The highest BCUT2D eigenvalue weighted by Crippen LogP contribution is 2.39. The van der Waals surface area contributed by atoms with Crippen molar-refractivity contribution in [1.29, 1.82) is 0 Å². The molecule has 0 saturated carbocycles. The molecule has 1 heterocycles. The molecule has 1 aromatic heterocycles. The molecule has 0 bridgehead atoms. The van der Waals surface area contributed by atoms with Crippen molar-refractivity contribution in [2.45, 2.75) is 12.8 Å². The van der Waals surface area contributed by atoms with Crippen LogP contribution in [0.2, 0.25) is 0 Å². The van der Waals surface area contributed by atoms with Gasteiger partial charge >= 0.3 is 0 Å². The van der Waals surface area contributed by atoms with Crippen molar-refractivity contribution in [3.63, 3.8) is 0 Å². The first-order valence-electron chi connectivity index (χ1n) is 8.63. The smallest absolute Gasteiger partial charge is 0.258 e. The fourth-order valence-corrected chi connectivity index (χ4v) is 5.10. The summed E-state index contributed by atoms with van der Waals surface area (Å²) in [4.78, 5) is 17.5. The van der Waals surface area contributed by atoms with E-state index in [2.05, 4.69) is 45.5 Å². The monoisotopic (exact) mass is 438 g/mol. The Morgan fingerprint density at radius 3 is 2.89 bits per heavy atom. The predicted molar refractivity (Wildman–Crippen MR) is 113 cm³/mol. The van der Waals surface area contributed by atoms with E-state index in [0.29, 0.717) is 20.9 Å². The highest BCUT2D eigenvalue weighted by Gasteiger charge is 2.19. The summed E-state index contributed by atoms with van der Waals surface area (Å²) in [6.07, 6.45) is 2.17. The van der Waals surface area contributed by atoms with Crippen LogP contribution in [0.4, 0.5) is 5.13 Å². The molecule has 6 heteroatoms. The second kappa shape index (κ2) is 6.32. The molecule has 27 heavy (non-hydrogen) atoms. The summed E-state index contributed by atoms with van der Waals surface area (Å²) in [5.41, 5.74) is 4.25. The molecule has 0 saturated heterocycles. The lowest BCUT2D eigenvalue weighted by molar-refractivity contribution is 0.102. The van der Waals surface area contributed by atoms with Crippen molar-refractivity contribution in [3.8, 4) is 5.75 Å². The van der Waals surface area contributed by atoms with Crippen LogP contribution in [0.5, 0.6) is 5.75 Å². The highest BCUT2D eigenvalue weighted by atomic mass is 79.9. The molecule has 0 atom stereocenters. The van der Waals surface area contributed by atoms with Gasteiger partial charge in [-0.3, -0.25) is 10.1 Å². The first-order valence-corrected chi connectivity index (χ1v) is 10.2. The molecule has 0 fully saturated rings. The van der Waals surface area contributed by atoms with Crippen LogP contribution < -0.4 is 10.1 Å². The minimum Gasteiger partial charge on any atom is -0.497 e. The number of methoxy groups -OCH3 is 1. The third-order valence-electron chi connectivity index (χ3n) is 4.99. The van der Waals surface area contributed by atoms with Crippen LogP contribution in [-0.4, -0.2) is 18.0 Å². The van der Waals surface area contributed by atoms with Crippen LogP contribution in [0.25, 0.3) is 21.0 Å². The van der Waals surface area contributed by atoms with Gasteiger partial charge < -0.3 is 4.74 Å². The van der Waals surface area contributed by atoms with Gasteiger partial charge in [0, 0.05) is 9.86 Å². The number of carbonyl (C=O) groups excluding carboxylic acids is 1. The van der Waals surface area contributed by atoms with E-state index in [9.17, 15) is 4.79 Å². The number of amides is 1. The number of fused-ring (bicyclic) bond motifs is 2. The first-order chi connectivity index (χ1) is 13.1. The molecule has 134 valence electrons. The highest BCUT2D eigenvalue weighted by molar-refractivity contribution is 9.10. The maximum atomic E-state index is 12.7. The average Bonchev–Trinajstić information content (AvgIpc) is 3.27. The van der Waals surface area contributed by atoms with Gasteiger partial charge in [-0.1, -0.05) is 29.5 Å².